The number of para-hydroxylation sites is 1. The van der Waals surface area contributed by atoms with Crippen molar-refractivity contribution in [2.45, 2.75) is 54.5 Å². The molecular weight excluding hydrogens is 544 g/mol. The molecule has 0 bridgehead atoms. The molecule has 0 aromatic heterocycles. The van der Waals surface area contributed by atoms with Gasteiger partial charge in [0.05, 0.1) is 38.4 Å². The molecule has 6 nitrogen and oxygen atoms in total. The van der Waals surface area contributed by atoms with E-state index in [0.29, 0.717) is 18.3 Å². The average molecular weight is 583 g/mol. The number of rotatable bonds is 14. The van der Waals surface area contributed by atoms with Crippen LogP contribution in [-0.4, -0.2) is 50.0 Å². The van der Waals surface area contributed by atoms with Crippen LogP contribution in [-0.2, 0) is 16.1 Å². The molecule has 0 saturated heterocycles. The Bertz CT molecular complexity index is 1230. The maximum absolute atomic E-state index is 11.7. The molecule has 0 radical (unpaired) electrons. The molecule has 2 atom stereocenters. The monoisotopic (exact) mass is 582 g/mol. The number of carbonyl (C=O) groups excluding carboxylic acids is 1. The lowest BCUT2D eigenvalue weighted by Gasteiger charge is -2.27. The van der Waals surface area contributed by atoms with Crippen LogP contribution in [0.15, 0.2) is 71.6 Å². The quantitative estimate of drug-likeness (QED) is 0.160. The number of thioether (sulfide) groups is 2. The Morgan fingerprint density at radius 2 is 1.68 bits per heavy atom. The van der Waals surface area contributed by atoms with E-state index < -0.39 is 6.10 Å². The van der Waals surface area contributed by atoms with E-state index in [0.717, 1.165) is 46.1 Å². The normalized spacial score (nSPS) is 14.9. The second kappa shape index (κ2) is 15.3. The van der Waals surface area contributed by atoms with Gasteiger partial charge in [0.15, 0.2) is 0 Å². The number of ether oxygens (including phenoxy) is 4. The molecule has 0 heterocycles. The first-order valence-corrected chi connectivity index (χ1v) is 15.6. The van der Waals surface area contributed by atoms with Crippen molar-refractivity contribution in [1.29, 1.82) is 0 Å². The SMILES string of the molecule is COC(=O)CSCC(O)C(Sc1cccc(OC)c1)c1cccc(C2CCCC2)c1OCc1ccc(OC)cc1. The second-order valence-corrected chi connectivity index (χ2v) is 12.0. The third kappa shape index (κ3) is 8.12. The molecule has 4 rings (SSSR count). The number of aliphatic hydroxyl groups is 1. The van der Waals surface area contributed by atoms with E-state index in [-0.39, 0.29) is 17.0 Å². The lowest BCUT2D eigenvalue weighted by atomic mass is 9.93. The van der Waals surface area contributed by atoms with E-state index in [1.54, 1.807) is 26.0 Å². The van der Waals surface area contributed by atoms with Crippen LogP contribution in [0.1, 0.15) is 53.5 Å². The Hall–Kier alpha value is -2.81. The molecule has 0 aliphatic heterocycles. The molecule has 1 fully saturated rings. The summed E-state index contributed by atoms with van der Waals surface area (Å²) in [5.74, 6) is 3.10. The van der Waals surface area contributed by atoms with Gasteiger partial charge in [0.2, 0.25) is 0 Å². The number of carbonyl (C=O) groups is 1. The van der Waals surface area contributed by atoms with Gasteiger partial charge in [0.25, 0.3) is 0 Å². The van der Waals surface area contributed by atoms with Gasteiger partial charge >= 0.3 is 5.97 Å². The molecule has 1 N–H and O–H groups in total. The van der Waals surface area contributed by atoms with Crippen LogP contribution in [0.25, 0.3) is 0 Å². The molecule has 8 heteroatoms. The highest BCUT2D eigenvalue weighted by Gasteiger charge is 2.30. The van der Waals surface area contributed by atoms with Gasteiger partial charge in [0, 0.05) is 16.2 Å². The van der Waals surface area contributed by atoms with Crippen LogP contribution in [0.3, 0.4) is 0 Å². The topological polar surface area (TPSA) is 74.2 Å². The predicted molar refractivity (Wildman–Crippen MR) is 162 cm³/mol. The third-order valence-corrected chi connectivity index (χ3v) is 9.47. The number of methoxy groups -OCH3 is 3. The Morgan fingerprint density at radius 3 is 2.38 bits per heavy atom. The van der Waals surface area contributed by atoms with Gasteiger partial charge in [-0.3, -0.25) is 4.79 Å². The molecule has 1 aliphatic carbocycles. The van der Waals surface area contributed by atoms with E-state index in [2.05, 4.69) is 18.2 Å². The van der Waals surface area contributed by atoms with Crippen LogP contribution >= 0.6 is 23.5 Å². The second-order valence-electron chi connectivity index (χ2n) is 9.76. The summed E-state index contributed by atoms with van der Waals surface area (Å²) in [6.45, 7) is 0.407. The lowest BCUT2D eigenvalue weighted by molar-refractivity contribution is -0.137. The molecule has 1 saturated carbocycles. The van der Waals surface area contributed by atoms with Crippen LogP contribution in [0.5, 0.6) is 17.2 Å². The highest BCUT2D eigenvalue weighted by Crippen LogP contribution is 2.48. The summed E-state index contributed by atoms with van der Waals surface area (Å²) >= 11 is 2.95. The number of esters is 1. The number of benzene rings is 3. The van der Waals surface area contributed by atoms with E-state index >= 15 is 0 Å². The largest absolute Gasteiger partial charge is 0.497 e. The van der Waals surface area contributed by atoms with Gasteiger partial charge in [0.1, 0.15) is 23.9 Å². The summed E-state index contributed by atoms with van der Waals surface area (Å²) in [4.78, 5) is 12.7. The Balaban J connectivity index is 1.69. The maximum atomic E-state index is 11.7. The van der Waals surface area contributed by atoms with Gasteiger partial charge < -0.3 is 24.1 Å². The first-order valence-electron chi connectivity index (χ1n) is 13.5. The summed E-state index contributed by atoms with van der Waals surface area (Å²) < 4.78 is 22.2. The first kappa shape index (κ1) is 30.2. The van der Waals surface area contributed by atoms with Crippen molar-refractivity contribution < 1.29 is 28.8 Å². The third-order valence-electron chi connectivity index (χ3n) is 7.11. The lowest BCUT2D eigenvalue weighted by Crippen LogP contribution is -2.21. The van der Waals surface area contributed by atoms with Gasteiger partial charge in [-0.1, -0.05) is 49.2 Å². The average Bonchev–Trinajstić information content (AvgIpc) is 3.54. The summed E-state index contributed by atoms with van der Waals surface area (Å²) in [5.41, 5.74) is 3.20. The summed E-state index contributed by atoms with van der Waals surface area (Å²) in [6.07, 6.45) is 3.94. The fourth-order valence-electron chi connectivity index (χ4n) is 4.98. The van der Waals surface area contributed by atoms with Crippen LogP contribution in [0.2, 0.25) is 0 Å². The van der Waals surface area contributed by atoms with Crippen molar-refractivity contribution in [1.82, 2.24) is 0 Å². The highest BCUT2D eigenvalue weighted by molar-refractivity contribution is 8.00. The van der Waals surface area contributed by atoms with E-state index in [4.69, 9.17) is 18.9 Å². The maximum Gasteiger partial charge on any atom is 0.315 e. The minimum absolute atomic E-state index is 0.188. The summed E-state index contributed by atoms with van der Waals surface area (Å²) in [6, 6.07) is 22.1. The Labute approximate surface area is 245 Å². The zero-order chi connectivity index (χ0) is 28.3. The van der Waals surface area contributed by atoms with E-state index in [1.165, 1.54) is 37.3 Å². The fraction of sp³-hybridized carbons (Fsp3) is 0.406. The number of aliphatic hydroxyl groups excluding tert-OH is 1. The van der Waals surface area contributed by atoms with Crippen LogP contribution in [0.4, 0.5) is 0 Å². The van der Waals surface area contributed by atoms with Crippen molar-refractivity contribution in [3.63, 3.8) is 0 Å². The van der Waals surface area contributed by atoms with Gasteiger partial charge in [-0.15, -0.1) is 23.5 Å². The molecular formula is C32H38O6S2. The summed E-state index contributed by atoms with van der Waals surface area (Å²) in [7, 11) is 4.68. The van der Waals surface area contributed by atoms with Crippen molar-refractivity contribution in [2.24, 2.45) is 0 Å². The van der Waals surface area contributed by atoms with Crippen molar-refractivity contribution >= 4 is 29.5 Å². The molecule has 1 aliphatic rings. The molecule has 2 unspecified atom stereocenters. The molecule has 40 heavy (non-hydrogen) atoms. The standard InChI is InChI=1S/C32H38O6S2/c1-35-24-16-14-22(15-17-24)19-38-31-27(23-8-4-5-9-23)12-7-13-28(31)32(29(33)20-39-21-30(34)37-3)40-26-11-6-10-25(18-26)36-2/h6-7,10-18,23,29,32-33H,4-5,8-9,19-21H2,1-3H3. The van der Waals surface area contributed by atoms with Gasteiger partial charge in [-0.2, -0.15) is 0 Å². The minimum atomic E-state index is -0.743. The summed E-state index contributed by atoms with van der Waals surface area (Å²) in [5, 5.41) is 11.2. The van der Waals surface area contributed by atoms with E-state index in [1.807, 2.05) is 48.5 Å². The van der Waals surface area contributed by atoms with Crippen LogP contribution in [0, 0.1) is 0 Å². The van der Waals surface area contributed by atoms with Crippen LogP contribution < -0.4 is 14.2 Å². The first-order chi connectivity index (χ1) is 19.5. The fourth-order valence-corrected chi connectivity index (χ4v) is 7.14. The minimum Gasteiger partial charge on any atom is -0.497 e. The van der Waals surface area contributed by atoms with Crippen molar-refractivity contribution in [2.75, 3.05) is 32.8 Å². The van der Waals surface area contributed by atoms with Crippen molar-refractivity contribution in [3.05, 3.63) is 83.4 Å². The number of hydrogen-bond acceptors (Lipinski definition) is 8. The predicted octanol–water partition coefficient (Wildman–Crippen LogP) is 7.04. The van der Waals surface area contributed by atoms with Crippen molar-refractivity contribution in [3.8, 4) is 17.2 Å². The molecule has 3 aromatic rings. The molecule has 0 spiro atoms. The highest BCUT2D eigenvalue weighted by atomic mass is 32.2. The Kier molecular flexibility index (Phi) is 11.5. The smallest absolute Gasteiger partial charge is 0.315 e. The molecule has 214 valence electrons. The van der Waals surface area contributed by atoms with E-state index in [9.17, 15) is 9.90 Å². The zero-order valence-electron chi connectivity index (χ0n) is 23.3. The zero-order valence-corrected chi connectivity index (χ0v) is 25.0. The molecule has 0 amide bonds. The molecule has 3 aromatic carbocycles. The Morgan fingerprint density at radius 1 is 0.950 bits per heavy atom. The van der Waals surface area contributed by atoms with Gasteiger partial charge in [-0.25, -0.2) is 0 Å². The number of hydrogen-bond donors (Lipinski definition) is 1. The van der Waals surface area contributed by atoms with Gasteiger partial charge in [-0.05, 0) is 60.2 Å².